The van der Waals surface area contributed by atoms with E-state index in [1.54, 1.807) is 11.3 Å². The molecule has 3 nitrogen and oxygen atoms in total. The van der Waals surface area contributed by atoms with E-state index < -0.39 is 0 Å². The van der Waals surface area contributed by atoms with Gasteiger partial charge in [0.2, 0.25) is 0 Å². The van der Waals surface area contributed by atoms with E-state index >= 15 is 0 Å². The number of thiophene rings is 1. The van der Waals surface area contributed by atoms with Crippen molar-refractivity contribution in [1.29, 1.82) is 0 Å². The lowest BCUT2D eigenvalue weighted by Crippen LogP contribution is -2.17. The van der Waals surface area contributed by atoms with Crippen LogP contribution >= 0.6 is 11.3 Å². The molecule has 0 aliphatic carbocycles. The molecule has 0 spiro atoms. The molecule has 0 saturated carbocycles. The van der Waals surface area contributed by atoms with E-state index in [-0.39, 0.29) is 0 Å². The van der Waals surface area contributed by atoms with Gasteiger partial charge in [0.05, 0.1) is 26.8 Å². The summed E-state index contributed by atoms with van der Waals surface area (Å²) in [5.41, 5.74) is 8.22. The van der Waals surface area contributed by atoms with E-state index in [9.17, 15) is 0 Å². The minimum absolute atomic E-state index is 0.927. The van der Waals surface area contributed by atoms with Gasteiger partial charge in [0.1, 0.15) is 0 Å². The Morgan fingerprint density at radius 3 is 1.87 bits per heavy atom. The van der Waals surface area contributed by atoms with E-state index in [2.05, 4.69) is 149 Å². The third-order valence-electron chi connectivity index (χ3n) is 9.06. The van der Waals surface area contributed by atoms with Crippen molar-refractivity contribution in [3.63, 3.8) is 0 Å². The van der Waals surface area contributed by atoms with Crippen molar-refractivity contribution < 1.29 is 0 Å². The van der Waals surface area contributed by atoms with E-state index in [4.69, 9.17) is 11.4 Å². The van der Waals surface area contributed by atoms with E-state index in [1.165, 1.54) is 54.8 Å². The first kappa shape index (κ1) is 26.5. The van der Waals surface area contributed by atoms with E-state index in [1.807, 2.05) is 12.3 Å². The third kappa shape index (κ3) is 3.83. The topological polar surface area (TPSA) is 22.8 Å². The minimum atomic E-state index is 0.927. The highest BCUT2D eigenvalue weighted by molar-refractivity contribution is 7.17. The molecule has 0 saturated heterocycles. The first-order chi connectivity index (χ1) is 22.7. The van der Waals surface area contributed by atoms with Crippen LogP contribution in [0.4, 0.5) is 0 Å². The van der Waals surface area contributed by atoms with Crippen LogP contribution in [-0.4, -0.2) is 14.1 Å². The molecule has 0 bridgehead atoms. The maximum Gasteiger partial charge on any atom is 0.155 e. The van der Waals surface area contributed by atoms with Crippen LogP contribution in [0.3, 0.4) is 0 Å². The molecule has 4 aromatic heterocycles. The van der Waals surface area contributed by atoms with Crippen LogP contribution in [0.25, 0.3) is 88.5 Å². The fourth-order valence-electron chi connectivity index (χ4n) is 7.08. The fourth-order valence-corrected chi connectivity index (χ4v) is 8.28. The summed E-state index contributed by atoms with van der Waals surface area (Å²) >= 11 is 1.70. The number of hydrogen-bond donors (Lipinski definition) is 0. The molecule has 46 heavy (non-hydrogen) atoms. The summed E-state index contributed by atoms with van der Waals surface area (Å²) in [6.45, 7) is 2.06. The number of nitrogens with zero attached hydrogens (tertiary/aromatic N) is 3. The zero-order valence-corrected chi connectivity index (χ0v) is 25.9. The number of pyridine rings is 1. The molecule has 9 rings (SSSR count). The van der Waals surface area contributed by atoms with Gasteiger partial charge in [0, 0.05) is 49.4 Å². The van der Waals surface area contributed by atoms with Gasteiger partial charge < -0.3 is 4.57 Å². The second-order valence-corrected chi connectivity index (χ2v) is 12.5. The highest BCUT2D eigenvalue weighted by Gasteiger charge is 2.18. The summed E-state index contributed by atoms with van der Waals surface area (Å²) in [4.78, 5) is 4.96. The number of terminal acetylenes is 1. The minimum Gasteiger partial charge on any atom is -0.309 e. The smallest absolute Gasteiger partial charge is 0.155 e. The average molecular weight is 606 g/mol. The molecular weight excluding hydrogens is 579 g/mol. The molecule has 0 N–H and O–H groups in total. The molecule has 4 heteroatoms. The molecule has 0 atom stereocenters. The Morgan fingerprint density at radius 2 is 1.22 bits per heavy atom. The Bertz CT molecular complexity index is 2820. The number of benzene rings is 5. The third-order valence-corrected chi connectivity index (χ3v) is 10.2. The van der Waals surface area contributed by atoms with Crippen molar-refractivity contribution in [2.75, 3.05) is 0 Å². The zero-order valence-electron chi connectivity index (χ0n) is 25.1. The van der Waals surface area contributed by atoms with Crippen LogP contribution in [0, 0.1) is 12.3 Å². The largest absolute Gasteiger partial charge is 0.309 e. The molecular formula is C42H27N3S. The molecule has 5 aromatic carbocycles. The van der Waals surface area contributed by atoms with Gasteiger partial charge >= 0.3 is 0 Å². The molecule has 0 fully saturated rings. The summed E-state index contributed by atoms with van der Waals surface area (Å²) in [7, 11) is 0. The molecule has 0 aliphatic rings. The van der Waals surface area contributed by atoms with Gasteiger partial charge in [-0.1, -0.05) is 78.7 Å². The zero-order chi connectivity index (χ0) is 30.8. The lowest BCUT2D eigenvalue weighted by Gasteiger charge is -2.09. The van der Waals surface area contributed by atoms with Crippen molar-refractivity contribution in [2.24, 2.45) is 0 Å². The van der Waals surface area contributed by atoms with Crippen LogP contribution in [-0.2, 0) is 0 Å². The quantitative estimate of drug-likeness (QED) is 0.184. The summed E-state index contributed by atoms with van der Waals surface area (Å²) in [5.74, 6) is 3.65. The Kier molecular flexibility index (Phi) is 5.96. The summed E-state index contributed by atoms with van der Waals surface area (Å²) in [5, 5.41) is 7.23. The first-order valence-electron chi connectivity index (χ1n) is 15.4. The molecule has 0 aliphatic heterocycles. The molecule has 0 amide bonds. The Morgan fingerprint density at radius 1 is 0.630 bits per heavy atom. The van der Waals surface area contributed by atoms with Crippen molar-refractivity contribution in [2.45, 2.75) is 6.92 Å². The predicted molar refractivity (Wildman–Crippen MR) is 196 cm³/mol. The average Bonchev–Trinajstić information content (AvgIpc) is 3.75. The van der Waals surface area contributed by atoms with Gasteiger partial charge in [0.15, 0.2) is 5.82 Å². The highest BCUT2D eigenvalue weighted by atomic mass is 32.1. The second kappa shape index (κ2) is 10.3. The number of fused-ring (bicyclic) bond motifs is 7. The van der Waals surface area contributed by atoms with Crippen molar-refractivity contribution in [3.05, 3.63) is 137 Å². The summed E-state index contributed by atoms with van der Waals surface area (Å²) in [6, 6.07) is 43.7. The van der Waals surface area contributed by atoms with E-state index in [0.717, 1.165) is 31.3 Å². The number of para-hydroxylation sites is 3. The molecule has 0 unspecified atom stereocenters. The maximum atomic E-state index is 5.70. The monoisotopic (exact) mass is 605 g/mol. The molecule has 0 radical (unpaired) electrons. The second-order valence-electron chi connectivity index (χ2n) is 11.5. The fraction of sp³-hybridized carbons (Fsp3) is 0.0238. The molecule has 4 heterocycles. The van der Waals surface area contributed by atoms with Gasteiger partial charge in [-0.3, -0.25) is 4.57 Å². The van der Waals surface area contributed by atoms with Crippen LogP contribution in [0.1, 0.15) is 6.92 Å². The van der Waals surface area contributed by atoms with Crippen molar-refractivity contribution >= 4 is 77.2 Å². The van der Waals surface area contributed by atoms with Gasteiger partial charge in [0.25, 0.3) is 0 Å². The van der Waals surface area contributed by atoms with Crippen LogP contribution in [0.5, 0.6) is 0 Å². The van der Waals surface area contributed by atoms with Crippen LogP contribution < -0.4 is 9.75 Å². The van der Waals surface area contributed by atoms with Gasteiger partial charge in [-0.25, -0.2) is 4.98 Å². The Balaban J connectivity index is 1.28. The lowest BCUT2D eigenvalue weighted by molar-refractivity contribution is 1.10. The highest BCUT2D eigenvalue weighted by Crippen LogP contribution is 2.38. The lowest BCUT2D eigenvalue weighted by atomic mass is 10.0. The Hall–Kier alpha value is -5.89. The summed E-state index contributed by atoms with van der Waals surface area (Å²) < 4.78 is 6.88. The number of rotatable bonds is 3. The number of aromatic nitrogens is 3. The normalized spacial score (nSPS) is 12.7. The van der Waals surface area contributed by atoms with Crippen LogP contribution in [0.15, 0.2) is 128 Å². The van der Waals surface area contributed by atoms with Gasteiger partial charge in [-0.15, -0.1) is 17.8 Å². The molecule has 9 aromatic rings. The summed E-state index contributed by atoms with van der Waals surface area (Å²) in [6.07, 6.45) is 11.6. The standard InChI is InChI=1S/C42H27N3S/c1-3-12-40-30(4-2)33-23-24-43-42(41(33)46-40)45-37-18-11-9-16-32(37)35-26-28(20-22-39(35)45)27-19-21-38-34(25-27)31-15-8-10-17-36(31)44(38)29-13-6-5-7-14-29/h1,4-26H,2H3/b30-4-,40-12+. The van der Waals surface area contributed by atoms with Gasteiger partial charge in [-0.2, -0.15) is 0 Å². The van der Waals surface area contributed by atoms with Gasteiger partial charge in [-0.05, 0) is 77.9 Å². The van der Waals surface area contributed by atoms with Crippen molar-refractivity contribution in [1.82, 2.24) is 14.1 Å². The predicted octanol–water partition coefficient (Wildman–Crippen LogP) is 9.37. The maximum absolute atomic E-state index is 5.70. The SMILES string of the molecule is C#C/C=c1/sc2c(-n3c4ccccc4c4cc(-c5ccc6c(c5)c5ccccc5n6-c5ccccc5)ccc43)nccc2/c1=C/C. The van der Waals surface area contributed by atoms with E-state index in [0.29, 0.717) is 0 Å². The van der Waals surface area contributed by atoms with Crippen LogP contribution in [0.2, 0.25) is 0 Å². The molecule has 216 valence electrons. The Labute approximate surface area is 269 Å². The number of hydrogen-bond acceptors (Lipinski definition) is 2. The first-order valence-corrected chi connectivity index (χ1v) is 16.2. The van der Waals surface area contributed by atoms with Crippen molar-refractivity contribution in [3.8, 4) is 35.0 Å².